The van der Waals surface area contributed by atoms with Crippen LogP contribution >= 0.6 is 0 Å². The molecule has 1 N–H and O–H groups in total. The molecule has 0 aliphatic heterocycles. The van der Waals surface area contributed by atoms with E-state index in [1.807, 2.05) is 20.8 Å². The quantitative estimate of drug-likeness (QED) is 0.688. The first kappa shape index (κ1) is 17.3. The summed E-state index contributed by atoms with van der Waals surface area (Å²) in [7, 11) is 0. The van der Waals surface area contributed by atoms with E-state index in [2.05, 4.69) is 10.3 Å². The van der Waals surface area contributed by atoms with Crippen LogP contribution in [0.25, 0.3) is 0 Å². The summed E-state index contributed by atoms with van der Waals surface area (Å²) in [6.45, 7) is 7.61. The zero-order valence-electron chi connectivity index (χ0n) is 13.1. The van der Waals surface area contributed by atoms with E-state index in [0.717, 1.165) is 5.56 Å². The molecule has 1 aromatic heterocycles. The van der Waals surface area contributed by atoms with E-state index in [9.17, 15) is 14.9 Å². The number of aryl methyl sites for hydroxylation is 2. The van der Waals surface area contributed by atoms with Gasteiger partial charge < -0.3 is 5.32 Å². The van der Waals surface area contributed by atoms with E-state index in [-0.39, 0.29) is 11.3 Å². The van der Waals surface area contributed by atoms with Gasteiger partial charge in [-0.15, -0.1) is 0 Å². The van der Waals surface area contributed by atoms with Gasteiger partial charge in [0.15, 0.2) is 0 Å². The third-order valence-corrected chi connectivity index (χ3v) is 2.82. The van der Waals surface area contributed by atoms with Gasteiger partial charge >= 0.3 is 0 Å². The number of nitrogens with one attached hydrogen (secondary N) is 1. The van der Waals surface area contributed by atoms with Crippen LogP contribution in [0.4, 0.5) is 11.4 Å². The fourth-order valence-corrected chi connectivity index (χ4v) is 1.78. The van der Waals surface area contributed by atoms with Gasteiger partial charge in [-0.3, -0.25) is 19.9 Å². The summed E-state index contributed by atoms with van der Waals surface area (Å²) >= 11 is 0. The Hall–Kier alpha value is -2.76. The molecule has 0 aliphatic carbocycles. The number of nitrogens with zero attached hydrogens (tertiary/aromatic N) is 2. The van der Waals surface area contributed by atoms with Crippen LogP contribution in [0.5, 0.6) is 0 Å². The van der Waals surface area contributed by atoms with Crippen LogP contribution in [0.15, 0.2) is 36.5 Å². The molecule has 0 bridgehead atoms. The molecule has 0 unspecified atom stereocenters. The molecule has 0 aliphatic rings. The van der Waals surface area contributed by atoms with Crippen molar-refractivity contribution in [1.82, 2.24) is 4.98 Å². The first-order valence-electron chi connectivity index (χ1n) is 6.97. The van der Waals surface area contributed by atoms with Crippen LogP contribution in [0.1, 0.15) is 35.5 Å². The highest BCUT2D eigenvalue weighted by Crippen LogP contribution is 2.20. The molecule has 22 heavy (non-hydrogen) atoms. The fourth-order valence-electron chi connectivity index (χ4n) is 1.78. The van der Waals surface area contributed by atoms with Crippen LogP contribution in [-0.4, -0.2) is 15.8 Å². The largest absolute Gasteiger partial charge is 0.320 e. The normalized spacial score (nSPS) is 9.45. The Kier molecular flexibility index (Phi) is 6.19. The number of para-hydroxylation sites is 1. The van der Waals surface area contributed by atoms with Crippen molar-refractivity contribution in [1.29, 1.82) is 0 Å². The first-order chi connectivity index (χ1) is 10.5. The van der Waals surface area contributed by atoms with Crippen molar-refractivity contribution >= 4 is 17.3 Å². The summed E-state index contributed by atoms with van der Waals surface area (Å²) in [6.07, 6.45) is 1.69. The van der Waals surface area contributed by atoms with Crippen molar-refractivity contribution in [2.24, 2.45) is 0 Å². The average molecular weight is 301 g/mol. The standard InChI is InChI=1S/C14H13N3O3.C2H6/c1-9-7-12(10(2)15-8-9)16-14(18)11-5-3-4-6-13(11)17(19)20;1-2/h3-8H,1-2H3,(H,16,18);1-2H3. The number of rotatable bonds is 3. The minimum Gasteiger partial charge on any atom is -0.320 e. The number of carbonyl (C=O) groups is 1. The van der Waals surface area contributed by atoms with Gasteiger partial charge in [0.1, 0.15) is 5.56 Å². The zero-order chi connectivity index (χ0) is 16.7. The Bertz CT molecular complexity index is 684. The van der Waals surface area contributed by atoms with Gasteiger partial charge in [0.2, 0.25) is 0 Å². The minimum absolute atomic E-state index is 0.0263. The molecule has 6 nitrogen and oxygen atoms in total. The van der Waals surface area contributed by atoms with Crippen molar-refractivity contribution in [2.75, 3.05) is 5.32 Å². The number of aromatic nitrogens is 1. The number of benzene rings is 1. The number of anilines is 1. The second-order valence-corrected chi connectivity index (χ2v) is 4.37. The lowest BCUT2D eigenvalue weighted by atomic mass is 10.1. The molecule has 1 aromatic carbocycles. The van der Waals surface area contributed by atoms with Crippen molar-refractivity contribution in [3.8, 4) is 0 Å². The van der Waals surface area contributed by atoms with Gasteiger partial charge in [-0.25, -0.2) is 0 Å². The summed E-state index contributed by atoms with van der Waals surface area (Å²) in [6, 6.07) is 7.61. The van der Waals surface area contributed by atoms with Crippen LogP contribution in [-0.2, 0) is 0 Å². The Morgan fingerprint density at radius 3 is 2.50 bits per heavy atom. The van der Waals surface area contributed by atoms with E-state index in [0.29, 0.717) is 11.4 Å². The number of pyridine rings is 1. The lowest BCUT2D eigenvalue weighted by Gasteiger charge is -2.08. The number of hydrogen-bond acceptors (Lipinski definition) is 4. The second-order valence-electron chi connectivity index (χ2n) is 4.37. The van der Waals surface area contributed by atoms with E-state index in [1.165, 1.54) is 18.2 Å². The van der Waals surface area contributed by atoms with Gasteiger partial charge in [0.25, 0.3) is 11.6 Å². The van der Waals surface area contributed by atoms with Crippen LogP contribution < -0.4 is 5.32 Å². The molecule has 116 valence electrons. The number of carbonyl (C=O) groups excluding carboxylic acids is 1. The van der Waals surface area contributed by atoms with Gasteiger partial charge in [0, 0.05) is 12.3 Å². The van der Waals surface area contributed by atoms with Crippen molar-refractivity contribution in [3.63, 3.8) is 0 Å². The molecular formula is C16H19N3O3. The van der Waals surface area contributed by atoms with E-state index in [4.69, 9.17) is 0 Å². The number of nitro groups is 1. The highest BCUT2D eigenvalue weighted by Gasteiger charge is 2.19. The summed E-state index contributed by atoms with van der Waals surface area (Å²) < 4.78 is 0. The first-order valence-corrected chi connectivity index (χ1v) is 6.97. The second kappa shape index (κ2) is 7.87. The van der Waals surface area contributed by atoms with Crippen LogP contribution in [0.3, 0.4) is 0 Å². The Labute approximate surface area is 129 Å². The Morgan fingerprint density at radius 1 is 1.23 bits per heavy atom. The summed E-state index contributed by atoms with van der Waals surface area (Å²) in [5.41, 5.74) is 1.91. The van der Waals surface area contributed by atoms with E-state index < -0.39 is 10.8 Å². The highest BCUT2D eigenvalue weighted by molar-refractivity contribution is 6.07. The lowest BCUT2D eigenvalue weighted by molar-refractivity contribution is -0.385. The smallest absolute Gasteiger partial charge is 0.282 e. The maximum absolute atomic E-state index is 12.2. The third-order valence-electron chi connectivity index (χ3n) is 2.82. The average Bonchev–Trinajstić information content (AvgIpc) is 2.52. The van der Waals surface area contributed by atoms with E-state index >= 15 is 0 Å². The Morgan fingerprint density at radius 2 is 1.86 bits per heavy atom. The monoisotopic (exact) mass is 301 g/mol. The predicted molar refractivity (Wildman–Crippen MR) is 86.1 cm³/mol. The Balaban J connectivity index is 0.00000116. The van der Waals surface area contributed by atoms with Crippen molar-refractivity contribution < 1.29 is 9.72 Å². The van der Waals surface area contributed by atoms with Crippen LogP contribution in [0.2, 0.25) is 0 Å². The molecule has 2 aromatic rings. The molecule has 0 spiro atoms. The molecule has 0 radical (unpaired) electrons. The highest BCUT2D eigenvalue weighted by atomic mass is 16.6. The third kappa shape index (κ3) is 4.12. The summed E-state index contributed by atoms with van der Waals surface area (Å²) in [5, 5.41) is 13.6. The molecular weight excluding hydrogens is 282 g/mol. The maximum atomic E-state index is 12.2. The molecule has 1 heterocycles. The van der Waals surface area contributed by atoms with Gasteiger partial charge in [-0.2, -0.15) is 0 Å². The maximum Gasteiger partial charge on any atom is 0.282 e. The van der Waals surface area contributed by atoms with Gasteiger partial charge in [-0.1, -0.05) is 26.0 Å². The molecule has 1 amide bonds. The zero-order valence-corrected chi connectivity index (χ0v) is 13.1. The molecule has 2 rings (SSSR count). The number of amides is 1. The summed E-state index contributed by atoms with van der Waals surface area (Å²) in [5.74, 6) is -0.521. The molecule has 0 saturated carbocycles. The van der Waals surface area contributed by atoms with Crippen LogP contribution in [0, 0.1) is 24.0 Å². The van der Waals surface area contributed by atoms with Gasteiger partial charge in [-0.05, 0) is 31.5 Å². The predicted octanol–water partition coefficient (Wildman–Crippen LogP) is 3.89. The van der Waals surface area contributed by atoms with E-state index in [1.54, 1.807) is 25.3 Å². The lowest BCUT2D eigenvalue weighted by Crippen LogP contribution is -2.15. The van der Waals surface area contributed by atoms with Crippen molar-refractivity contribution in [2.45, 2.75) is 27.7 Å². The molecule has 0 fully saturated rings. The summed E-state index contributed by atoms with van der Waals surface area (Å²) in [4.78, 5) is 26.6. The van der Waals surface area contributed by atoms with Gasteiger partial charge in [0.05, 0.1) is 16.3 Å². The minimum atomic E-state index is -0.573. The molecule has 0 saturated heterocycles. The topological polar surface area (TPSA) is 85.1 Å². The number of hydrogen-bond donors (Lipinski definition) is 1. The number of nitro benzene ring substituents is 1. The van der Waals surface area contributed by atoms with Crippen molar-refractivity contribution in [3.05, 3.63) is 63.5 Å². The molecule has 6 heteroatoms. The molecule has 0 atom stereocenters. The SMILES string of the molecule is CC.Cc1cnc(C)c(NC(=O)c2ccccc2[N+](=O)[O-])c1. The fraction of sp³-hybridized carbons (Fsp3) is 0.250.